The van der Waals surface area contributed by atoms with Crippen LogP contribution < -0.4 is 15.8 Å². The van der Waals surface area contributed by atoms with Crippen molar-refractivity contribution in [1.82, 2.24) is 0 Å². The Morgan fingerprint density at radius 3 is 2.47 bits per heavy atom. The summed E-state index contributed by atoms with van der Waals surface area (Å²) in [6.07, 6.45) is 0. The number of carbonyl (C=O) groups is 1. The van der Waals surface area contributed by atoms with E-state index in [9.17, 15) is 13.2 Å². The average molecular weight is 260 g/mol. The number of benzene rings is 1. The van der Waals surface area contributed by atoms with Crippen LogP contribution in [0.25, 0.3) is 0 Å². The molecule has 0 bridgehead atoms. The first kappa shape index (κ1) is 13.3. The molecule has 0 radical (unpaired) electrons. The van der Waals surface area contributed by atoms with Crippen LogP contribution in [0, 0.1) is 0 Å². The van der Waals surface area contributed by atoms with E-state index < -0.39 is 20.9 Å². The molecule has 1 amide bonds. The molecular formula is C9H12N2O5S. The smallest absolute Gasteiger partial charge is 0.294 e. The predicted molar refractivity (Wildman–Crippen MR) is 61.5 cm³/mol. The molecule has 0 heterocycles. The Morgan fingerprint density at radius 2 is 2.06 bits per heavy atom. The number of hydrogen-bond donors (Lipinski definition) is 3. The van der Waals surface area contributed by atoms with E-state index in [0.717, 1.165) is 12.1 Å². The number of methoxy groups -OCH3 is 1. The zero-order valence-electron chi connectivity index (χ0n) is 9.22. The summed E-state index contributed by atoms with van der Waals surface area (Å²) in [6, 6.07) is 2.10. The lowest BCUT2D eigenvalue weighted by molar-refractivity contribution is -0.114. The van der Waals surface area contributed by atoms with E-state index >= 15 is 0 Å². The summed E-state index contributed by atoms with van der Waals surface area (Å²) in [7, 11) is -3.07. The minimum Gasteiger partial charge on any atom is -0.492 e. The summed E-state index contributed by atoms with van der Waals surface area (Å²) in [5.74, 6) is -0.289. The molecule has 8 heteroatoms. The van der Waals surface area contributed by atoms with Crippen molar-refractivity contribution in [3.05, 3.63) is 12.1 Å². The van der Waals surface area contributed by atoms with Gasteiger partial charge in [-0.1, -0.05) is 0 Å². The molecule has 0 saturated carbocycles. The van der Waals surface area contributed by atoms with Gasteiger partial charge in [-0.05, 0) is 12.1 Å². The molecule has 0 aliphatic rings. The number of rotatable bonds is 3. The maximum Gasteiger partial charge on any atom is 0.294 e. The number of nitrogen functional groups attached to an aromatic ring is 1. The van der Waals surface area contributed by atoms with E-state index in [-0.39, 0.29) is 17.1 Å². The third-order valence-corrected chi connectivity index (χ3v) is 2.74. The highest BCUT2D eigenvalue weighted by Gasteiger charge is 2.17. The summed E-state index contributed by atoms with van der Waals surface area (Å²) in [4.78, 5) is 10.5. The zero-order valence-corrected chi connectivity index (χ0v) is 10.0. The minimum absolute atomic E-state index is 0.00799. The monoisotopic (exact) mass is 260 g/mol. The Morgan fingerprint density at radius 1 is 1.47 bits per heavy atom. The SMILES string of the molecule is COc1c(N)cc(S(=O)(=O)O)cc1NC(C)=O. The van der Waals surface area contributed by atoms with Crippen LogP contribution in [0.4, 0.5) is 11.4 Å². The number of nitrogens with one attached hydrogen (secondary N) is 1. The van der Waals surface area contributed by atoms with Gasteiger partial charge in [-0.2, -0.15) is 8.42 Å². The highest BCUT2D eigenvalue weighted by Crippen LogP contribution is 2.34. The summed E-state index contributed by atoms with van der Waals surface area (Å²) >= 11 is 0. The van der Waals surface area contributed by atoms with Gasteiger partial charge in [0, 0.05) is 6.92 Å². The van der Waals surface area contributed by atoms with Crippen LogP contribution in [0.15, 0.2) is 17.0 Å². The Hall–Kier alpha value is -1.80. The van der Waals surface area contributed by atoms with E-state index in [1.807, 2.05) is 0 Å². The normalized spacial score (nSPS) is 11.0. The second-order valence-corrected chi connectivity index (χ2v) is 4.67. The average Bonchev–Trinajstić information content (AvgIpc) is 2.14. The van der Waals surface area contributed by atoms with Crippen LogP contribution in [0.3, 0.4) is 0 Å². The van der Waals surface area contributed by atoms with E-state index in [4.69, 9.17) is 15.0 Å². The highest BCUT2D eigenvalue weighted by molar-refractivity contribution is 7.85. The summed E-state index contributed by atoms with van der Waals surface area (Å²) in [6.45, 7) is 1.25. The molecule has 0 spiro atoms. The Balaban J connectivity index is 3.44. The van der Waals surface area contributed by atoms with Crippen molar-refractivity contribution < 1.29 is 22.5 Å². The second kappa shape index (κ2) is 4.60. The molecule has 0 atom stereocenters. The molecule has 0 aliphatic carbocycles. The maximum atomic E-state index is 11.0. The third kappa shape index (κ3) is 3.08. The Labute approximate surface area is 98.3 Å². The van der Waals surface area contributed by atoms with Gasteiger partial charge in [0.1, 0.15) is 0 Å². The van der Waals surface area contributed by atoms with Crippen LogP contribution in [-0.4, -0.2) is 26.0 Å². The van der Waals surface area contributed by atoms with Gasteiger partial charge in [0.2, 0.25) is 5.91 Å². The fourth-order valence-electron chi connectivity index (χ4n) is 1.28. The second-order valence-electron chi connectivity index (χ2n) is 3.25. The third-order valence-electron chi connectivity index (χ3n) is 1.90. The molecule has 4 N–H and O–H groups in total. The van der Waals surface area contributed by atoms with E-state index in [1.54, 1.807) is 0 Å². The van der Waals surface area contributed by atoms with Gasteiger partial charge in [0.05, 0.1) is 23.4 Å². The summed E-state index contributed by atoms with van der Waals surface area (Å²) in [5.41, 5.74) is 5.62. The molecule has 17 heavy (non-hydrogen) atoms. The van der Waals surface area contributed by atoms with Crippen molar-refractivity contribution in [3.8, 4) is 5.75 Å². The van der Waals surface area contributed by atoms with Gasteiger partial charge < -0.3 is 15.8 Å². The maximum absolute atomic E-state index is 11.0. The van der Waals surface area contributed by atoms with Gasteiger partial charge in [0.15, 0.2) is 5.75 Å². The van der Waals surface area contributed by atoms with E-state index in [1.165, 1.54) is 14.0 Å². The highest BCUT2D eigenvalue weighted by atomic mass is 32.2. The van der Waals surface area contributed by atoms with Crippen LogP contribution in [0.2, 0.25) is 0 Å². The molecule has 1 rings (SSSR count). The number of anilines is 2. The predicted octanol–water partition coefficient (Wildman–Crippen LogP) is 0.482. The van der Waals surface area contributed by atoms with Crippen molar-refractivity contribution in [2.75, 3.05) is 18.2 Å². The molecule has 1 aromatic rings. The lowest BCUT2D eigenvalue weighted by Crippen LogP contribution is -2.10. The standard InChI is InChI=1S/C9H12N2O5S/c1-5(12)11-8-4-6(17(13,14)15)3-7(10)9(8)16-2/h3-4H,10H2,1-2H3,(H,11,12)(H,13,14,15). The van der Waals surface area contributed by atoms with E-state index in [0.29, 0.717) is 0 Å². The largest absolute Gasteiger partial charge is 0.492 e. The van der Waals surface area contributed by atoms with Crippen LogP contribution in [0.5, 0.6) is 5.75 Å². The van der Waals surface area contributed by atoms with Gasteiger partial charge in [0.25, 0.3) is 10.1 Å². The van der Waals surface area contributed by atoms with Crippen LogP contribution in [-0.2, 0) is 14.9 Å². The first-order valence-electron chi connectivity index (χ1n) is 4.48. The molecule has 0 unspecified atom stereocenters. The first-order chi connectivity index (χ1) is 7.75. The zero-order chi connectivity index (χ0) is 13.2. The lowest BCUT2D eigenvalue weighted by atomic mass is 10.2. The topological polar surface area (TPSA) is 119 Å². The first-order valence-corrected chi connectivity index (χ1v) is 5.92. The fourth-order valence-corrected chi connectivity index (χ4v) is 1.83. The fraction of sp³-hybridized carbons (Fsp3) is 0.222. The lowest BCUT2D eigenvalue weighted by Gasteiger charge is -2.12. The van der Waals surface area contributed by atoms with Gasteiger partial charge >= 0.3 is 0 Å². The van der Waals surface area contributed by atoms with Crippen LogP contribution in [0.1, 0.15) is 6.92 Å². The van der Waals surface area contributed by atoms with Gasteiger partial charge in [-0.15, -0.1) is 0 Å². The van der Waals surface area contributed by atoms with Crippen molar-refractivity contribution in [2.45, 2.75) is 11.8 Å². The minimum atomic E-state index is -4.40. The molecule has 94 valence electrons. The van der Waals surface area contributed by atoms with Gasteiger partial charge in [-0.25, -0.2) is 0 Å². The molecule has 0 saturated heterocycles. The Kier molecular flexibility index (Phi) is 3.59. The summed E-state index contributed by atoms with van der Waals surface area (Å²) < 4.78 is 35.8. The number of ether oxygens (including phenoxy) is 1. The quantitative estimate of drug-likeness (QED) is 0.537. The van der Waals surface area contributed by atoms with Gasteiger partial charge in [-0.3, -0.25) is 9.35 Å². The van der Waals surface area contributed by atoms with E-state index in [2.05, 4.69) is 5.32 Å². The number of hydrogen-bond acceptors (Lipinski definition) is 5. The molecule has 7 nitrogen and oxygen atoms in total. The molecule has 0 aromatic heterocycles. The number of amides is 1. The van der Waals surface area contributed by atoms with Crippen molar-refractivity contribution in [3.63, 3.8) is 0 Å². The number of nitrogens with two attached hydrogens (primary N) is 1. The molecule has 0 fully saturated rings. The molecular weight excluding hydrogens is 248 g/mol. The molecule has 0 aliphatic heterocycles. The van der Waals surface area contributed by atoms with Crippen molar-refractivity contribution in [1.29, 1.82) is 0 Å². The van der Waals surface area contributed by atoms with Crippen molar-refractivity contribution in [2.24, 2.45) is 0 Å². The van der Waals surface area contributed by atoms with Crippen LogP contribution >= 0.6 is 0 Å². The molecule has 1 aromatic carbocycles. The Bertz CT molecular complexity index is 553. The van der Waals surface area contributed by atoms with Crippen molar-refractivity contribution >= 4 is 27.4 Å². The summed E-state index contributed by atoms with van der Waals surface area (Å²) in [5, 5.41) is 2.36. The number of carbonyl (C=O) groups excluding carboxylic acids is 1.